The lowest BCUT2D eigenvalue weighted by molar-refractivity contribution is -0.149. The number of carbonyl (C=O) groups excluding carboxylic acids is 1. The monoisotopic (exact) mass is 404 g/mol. The zero-order valence-corrected chi connectivity index (χ0v) is 19.1. The SMILES string of the molecule is C=CCC(C[C@@H]1[C@@H](C(C)C)CC=C(C)[C@@H]1C[C@@H]1OC(C)(C)O[C@H]1C=C)OC(C)=O. The minimum atomic E-state index is -0.591. The first-order valence-electron chi connectivity index (χ1n) is 11.0. The second-order valence-electron chi connectivity index (χ2n) is 9.46. The summed E-state index contributed by atoms with van der Waals surface area (Å²) >= 11 is 0. The molecule has 4 heteroatoms. The molecular formula is C25H40O4. The van der Waals surface area contributed by atoms with E-state index in [0.717, 1.165) is 19.3 Å². The van der Waals surface area contributed by atoms with Crippen LogP contribution in [0.2, 0.25) is 0 Å². The van der Waals surface area contributed by atoms with E-state index in [0.29, 0.717) is 30.1 Å². The van der Waals surface area contributed by atoms with E-state index in [-0.39, 0.29) is 24.3 Å². The van der Waals surface area contributed by atoms with Crippen molar-refractivity contribution in [3.8, 4) is 0 Å². The Kier molecular flexibility index (Phi) is 8.30. The summed E-state index contributed by atoms with van der Waals surface area (Å²) < 4.78 is 17.9. The molecule has 0 aromatic carbocycles. The van der Waals surface area contributed by atoms with Crippen LogP contribution in [0.25, 0.3) is 0 Å². The Morgan fingerprint density at radius 1 is 1.34 bits per heavy atom. The second-order valence-corrected chi connectivity index (χ2v) is 9.46. The van der Waals surface area contributed by atoms with E-state index in [1.54, 1.807) is 0 Å². The molecule has 0 saturated carbocycles. The molecule has 0 spiro atoms. The fraction of sp³-hybridized carbons (Fsp3) is 0.720. The van der Waals surface area contributed by atoms with Crippen molar-refractivity contribution in [1.29, 1.82) is 0 Å². The Morgan fingerprint density at radius 3 is 2.59 bits per heavy atom. The summed E-state index contributed by atoms with van der Waals surface area (Å²) in [6.07, 6.45) is 9.34. The van der Waals surface area contributed by atoms with Crippen molar-refractivity contribution < 1.29 is 19.0 Å². The topological polar surface area (TPSA) is 44.8 Å². The van der Waals surface area contributed by atoms with Crippen molar-refractivity contribution in [2.24, 2.45) is 23.7 Å². The largest absolute Gasteiger partial charge is 0.462 e. The Bertz CT molecular complexity index is 618. The van der Waals surface area contributed by atoms with Crippen molar-refractivity contribution >= 4 is 5.97 Å². The van der Waals surface area contributed by atoms with Gasteiger partial charge in [-0.25, -0.2) is 0 Å². The molecule has 2 aliphatic rings. The van der Waals surface area contributed by atoms with Gasteiger partial charge in [-0.05, 0) is 63.7 Å². The van der Waals surface area contributed by atoms with Gasteiger partial charge in [0.2, 0.25) is 0 Å². The first kappa shape index (κ1) is 23.9. The van der Waals surface area contributed by atoms with Crippen LogP contribution in [-0.2, 0) is 19.0 Å². The first-order valence-corrected chi connectivity index (χ1v) is 11.0. The van der Waals surface area contributed by atoms with Gasteiger partial charge in [0, 0.05) is 13.3 Å². The summed E-state index contributed by atoms with van der Waals surface area (Å²) in [5, 5.41) is 0. The van der Waals surface area contributed by atoms with Gasteiger partial charge in [-0.2, -0.15) is 0 Å². The van der Waals surface area contributed by atoms with Crippen LogP contribution in [-0.4, -0.2) is 30.1 Å². The summed E-state index contributed by atoms with van der Waals surface area (Å²) in [5.41, 5.74) is 1.41. The quantitative estimate of drug-likeness (QED) is 0.358. The van der Waals surface area contributed by atoms with E-state index in [4.69, 9.17) is 14.2 Å². The molecule has 0 aromatic rings. The number of hydrogen-bond acceptors (Lipinski definition) is 4. The Hall–Kier alpha value is -1.39. The van der Waals surface area contributed by atoms with Gasteiger partial charge < -0.3 is 14.2 Å². The van der Waals surface area contributed by atoms with Crippen LogP contribution in [0.3, 0.4) is 0 Å². The number of ether oxygens (including phenoxy) is 3. The summed E-state index contributed by atoms with van der Waals surface area (Å²) in [6.45, 7) is 20.0. The fourth-order valence-electron chi connectivity index (χ4n) is 5.16. The van der Waals surface area contributed by atoms with Gasteiger partial charge in [-0.3, -0.25) is 4.79 Å². The Labute approximate surface area is 177 Å². The third-order valence-electron chi connectivity index (χ3n) is 6.46. The van der Waals surface area contributed by atoms with E-state index in [2.05, 4.69) is 40.0 Å². The van der Waals surface area contributed by atoms with Crippen LogP contribution in [0.5, 0.6) is 0 Å². The number of hydrogen-bond donors (Lipinski definition) is 0. The lowest BCUT2D eigenvalue weighted by atomic mass is 9.64. The third-order valence-corrected chi connectivity index (χ3v) is 6.46. The molecule has 1 aliphatic heterocycles. The summed E-state index contributed by atoms with van der Waals surface area (Å²) in [5.74, 6) is 1.07. The van der Waals surface area contributed by atoms with E-state index >= 15 is 0 Å². The van der Waals surface area contributed by atoms with Crippen molar-refractivity contribution in [2.45, 2.75) is 91.3 Å². The highest BCUT2D eigenvalue weighted by Crippen LogP contribution is 2.46. The summed E-state index contributed by atoms with van der Waals surface area (Å²) in [4.78, 5) is 11.6. The molecule has 2 rings (SSSR count). The van der Waals surface area contributed by atoms with Crippen molar-refractivity contribution in [3.05, 3.63) is 37.0 Å². The Morgan fingerprint density at radius 2 is 2.03 bits per heavy atom. The molecule has 0 bridgehead atoms. The number of esters is 1. The molecule has 0 N–H and O–H groups in total. The fourth-order valence-corrected chi connectivity index (χ4v) is 5.16. The lowest BCUT2D eigenvalue weighted by Crippen LogP contribution is -2.37. The molecule has 1 fully saturated rings. The van der Waals surface area contributed by atoms with Gasteiger partial charge in [0.1, 0.15) is 12.2 Å². The van der Waals surface area contributed by atoms with E-state index in [1.807, 2.05) is 26.0 Å². The zero-order chi connectivity index (χ0) is 21.8. The van der Waals surface area contributed by atoms with Crippen LogP contribution in [0, 0.1) is 23.7 Å². The number of rotatable bonds is 9. The molecule has 0 aromatic heterocycles. The van der Waals surface area contributed by atoms with Gasteiger partial charge in [-0.1, -0.05) is 37.6 Å². The van der Waals surface area contributed by atoms with E-state index < -0.39 is 5.79 Å². The van der Waals surface area contributed by atoms with Gasteiger partial charge in [-0.15, -0.1) is 13.2 Å². The molecule has 29 heavy (non-hydrogen) atoms. The predicted molar refractivity (Wildman–Crippen MR) is 117 cm³/mol. The minimum absolute atomic E-state index is 0.0177. The predicted octanol–water partition coefficient (Wildman–Crippen LogP) is 5.84. The molecular weight excluding hydrogens is 364 g/mol. The molecule has 1 unspecified atom stereocenters. The maximum absolute atomic E-state index is 11.6. The standard InChI is InChI=1S/C25H40O4/c1-9-11-19(27-18(6)26)14-22-20(16(3)4)13-12-17(5)21(22)15-24-23(10-2)28-25(7,8)29-24/h9-10,12,16,19-24H,1-2,11,13-15H2,3-8H3/t19?,20-,21+,22-,23+,24+/m1/s1. The minimum Gasteiger partial charge on any atom is -0.462 e. The van der Waals surface area contributed by atoms with Crippen LogP contribution < -0.4 is 0 Å². The molecule has 164 valence electrons. The van der Waals surface area contributed by atoms with Crippen LogP contribution in [0.4, 0.5) is 0 Å². The smallest absolute Gasteiger partial charge is 0.302 e. The highest BCUT2D eigenvalue weighted by molar-refractivity contribution is 5.66. The highest BCUT2D eigenvalue weighted by atomic mass is 16.7. The zero-order valence-electron chi connectivity index (χ0n) is 19.1. The number of allylic oxidation sites excluding steroid dienone is 2. The van der Waals surface area contributed by atoms with Gasteiger partial charge >= 0.3 is 5.97 Å². The third kappa shape index (κ3) is 6.29. The molecule has 1 saturated heterocycles. The van der Waals surface area contributed by atoms with Crippen LogP contribution >= 0.6 is 0 Å². The maximum atomic E-state index is 11.6. The summed E-state index contributed by atoms with van der Waals surface area (Å²) in [6, 6.07) is 0. The molecule has 0 amide bonds. The molecule has 1 heterocycles. The number of carbonyl (C=O) groups is 1. The van der Waals surface area contributed by atoms with Crippen LogP contribution in [0.15, 0.2) is 37.0 Å². The average molecular weight is 405 g/mol. The van der Waals surface area contributed by atoms with Gasteiger partial charge in [0.15, 0.2) is 5.79 Å². The molecule has 6 atom stereocenters. The molecule has 0 radical (unpaired) electrons. The maximum Gasteiger partial charge on any atom is 0.302 e. The summed E-state index contributed by atoms with van der Waals surface area (Å²) in [7, 11) is 0. The van der Waals surface area contributed by atoms with Gasteiger partial charge in [0.25, 0.3) is 0 Å². The van der Waals surface area contributed by atoms with E-state index in [9.17, 15) is 4.79 Å². The first-order chi connectivity index (χ1) is 13.6. The lowest BCUT2D eigenvalue weighted by Gasteiger charge is -2.42. The van der Waals surface area contributed by atoms with Crippen LogP contribution in [0.1, 0.15) is 67.2 Å². The molecule has 1 aliphatic carbocycles. The second kappa shape index (κ2) is 10.1. The highest BCUT2D eigenvalue weighted by Gasteiger charge is 2.44. The normalized spacial score (nSPS) is 32.5. The van der Waals surface area contributed by atoms with Crippen molar-refractivity contribution in [3.63, 3.8) is 0 Å². The molecule has 4 nitrogen and oxygen atoms in total. The van der Waals surface area contributed by atoms with Crippen molar-refractivity contribution in [1.82, 2.24) is 0 Å². The van der Waals surface area contributed by atoms with Crippen molar-refractivity contribution in [2.75, 3.05) is 0 Å². The van der Waals surface area contributed by atoms with Gasteiger partial charge in [0.05, 0.1) is 6.10 Å². The average Bonchev–Trinajstić information content (AvgIpc) is 2.91. The Balaban J connectivity index is 2.28. The van der Waals surface area contributed by atoms with E-state index in [1.165, 1.54) is 12.5 Å².